The van der Waals surface area contributed by atoms with Gasteiger partial charge in [0.1, 0.15) is 16.4 Å². The number of benzene rings is 1. The van der Waals surface area contributed by atoms with Crippen molar-refractivity contribution in [1.29, 1.82) is 0 Å². The second-order valence-corrected chi connectivity index (χ2v) is 8.33. The molecule has 4 rings (SSSR count). The predicted octanol–water partition coefficient (Wildman–Crippen LogP) is 4.53. The van der Waals surface area contributed by atoms with E-state index in [1.54, 1.807) is 4.57 Å². The lowest BCUT2D eigenvalue weighted by Gasteiger charge is -2.11. The van der Waals surface area contributed by atoms with Crippen LogP contribution in [0.3, 0.4) is 0 Å². The normalized spacial score (nSPS) is 13.7. The van der Waals surface area contributed by atoms with Crippen molar-refractivity contribution in [1.82, 2.24) is 9.55 Å². The van der Waals surface area contributed by atoms with E-state index in [9.17, 15) is 9.59 Å². The van der Waals surface area contributed by atoms with Crippen molar-refractivity contribution in [3.63, 3.8) is 0 Å². The lowest BCUT2D eigenvalue weighted by Crippen LogP contribution is -2.24. The Kier molecular flexibility index (Phi) is 5.67. The molecule has 1 amide bonds. The van der Waals surface area contributed by atoms with Crippen molar-refractivity contribution < 1.29 is 9.53 Å². The smallest absolute Gasteiger partial charge is 0.266 e. The highest BCUT2D eigenvalue weighted by molar-refractivity contribution is 7.20. The Hall–Kier alpha value is -2.67. The van der Waals surface area contributed by atoms with Gasteiger partial charge in [-0.3, -0.25) is 14.2 Å². The third kappa shape index (κ3) is 3.79. The minimum absolute atomic E-state index is 0.0219. The van der Waals surface area contributed by atoms with Crippen LogP contribution in [0.15, 0.2) is 29.1 Å². The number of amides is 1. The average molecular weight is 412 g/mol. The van der Waals surface area contributed by atoms with Crippen LogP contribution < -0.4 is 15.6 Å². The molecule has 0 atom stereocenters. The van der Waals surface area contributed by atoms with E-state index in [0.29, 0.717) is 45.2 Å². The number of anilines is 1. The maximum absolute atomic E-state index is 13.1. The number of hydrogen-bond donors (Lipinski definition) is 1. The highest BCUT2D eigenvalue weighted by Crippen LogP contribution is 2.30. The lowest BCUT2D eigenvalue weighted by molar-refractivity contribution is 0.102. The number of ether oxygens (including phenoxy) is 1. The first-order chi connectivity index (χ1) is 14.1. The second kappa shape index (κ2) is 8.37. The van der Waals surface area contributed by atoms with Crippen molar-refractivity contribution in [2.24, 2.45) is 0 Å². The predicted molar refractivity (Wildman–Crippen MR) is 116 cm³/mol. The highest BCUT2D eigenvalue weighted by atomic mass is 32.1. The largest absolute Gasteiger partial charge is 0.491 e. The van der Waals surface area contributed by atoms with Crippen LogP contribution in [0.1, 0.15) is 53.7 Å². The fraction of sp³-hybridized carbons (Fsp3) is 0.409. The van der Waals surface area contributed by atoms with Crippen molar-refractivity contribution in [2.45, 2.75) is 52.5 Å². The van der Waals surface area contributed by atoms with Crippen LogP contribution in [-0.2, 0) is 13.0 Å². The number of nitrogens with one attached hydrogen (secondary N) is 1. The number of carbonyl (C=O) groups excluding carboxylic acids is 1. The number of carbonyl (C=O) groups is 1. The van der Waals surface area contributed by atoms with Crippen molar-refractivity contribution in [3.8, 4) is 5.75 Å². The minimum atomic E-state index is -0.238. The van der Waals surface area contributed by atoms with Gasteiger partial charge in [0.05, 0.1) is 22.6 Å². The van der Waals surface area contributed by atoms with Gasteiger partial charge in [-0.2, -0.15) is 0 Å². The summed E-state index contributed by atoms with van der Waals surface area (Å²) < 4.78 is 7.53. The van der Waals surface area contributed by atoms with Crippen LogP contribution in [0.25, 0.3) is 10.2 Å². The monoisotopic (exact) mass is 411 g/mol. The molecular weight excluding hydrogens is 386 g/mol. The van der Waals surface area contributed by atoms with Crippen LogP contribution in [0, 0.1) is 6.92 Å². The summed E-state index contributed by atoms with van der Waals surface area (Å²) in [5, 5.41) is 3.52. The van der Waals surface area contributed by atoms with Gasteiger partial charge >= 0.3 is 0 Å². The fourth-order valence-electron chi connectivity index (χ4n) is 3.71. The number of fused-ring (bicyclic) bond motifs is 2. The second-order valence-electron chi connectivity index (χ2n) is 7.33. The third-order valence-electron chi connectivity index (χ3n) is 5.21. The van der Waals surface area contributed by atoms with Gasteiger partial charge in [-0.25, -0.2) is 4.98 Å². The van der Waals surface area contributed by atoms with Gasteiger partial charge in [-0.1, -0.05) is 25.5 Å². The highest BCUT2D eigenvalue weighted by Gasteiger charge is 2.22. The van der Waals surface area contributed by atoms with Crippen molar-refractivity contribution in [3.05, 3.63) is 50.9 Å². The first kappa shape index (κ1) is 19.6. The zero-order valence-electron chi connectivity index (χ0n) is 16.8. The van der Waals surface area contributed by atoms with Gasteiger partial charge in [0.15, 0.2) is 0 Å². The Morgan fingerprint density at radius 2 is 2.10 bits per heavy atom. The summed E-state index contributed by atoms with van der Waals surface area (Å²) in [5.74, 6) is 1.25. The summed E-state index contributed by atoms with van der Waals surface area (Å²) >= 11 is 1.29. The molecule has 0 aliphatic carbocycles. The van der Waals surface area contributed by atoms with Crippen LogP contribution in [-0.4, -0.2) is 22.1 Å². The molecule has 152 valence electrons. The summed E-state index contributed by atoms with van der Waals surface area (Å²) in [6.07, 6.45) is 4.85. The number of rotatable bonds is 5. The molecule has 2 aromatic heterocycles. The molecule has 1 N–H and O–H groups in total. The Balaban J connectivity index is 1.70. The zero-order valence-corrected chi connectivity index (χ0v) is 17.6. The van der Waals surface area contributed by atoms with E-state index in [0.717, 1.165) is 37.9 Å². The first-order valence-corrected chi connectivity index (χ1v) is 11.0. The Morgan fingerprint density at radius 1 is 1.28 bits per heavy atom. The summed E-state index contributed by atoms with van der Waals surface area (Å²) in [7, 11) is 0. The molecule has 29 heavy (non-hydrogen) atoms. The van der Waals surface area contributed by atoms with E-state index in [-0.39, 0.29) is 11.5 Å². The number of nitrogens with zero attached hydrogens (tertiary/aromatic N) is 2. The van der Waals surface area contributed by atoms with E-state index in [2.05, 4.69) is 5.32 Å². The Labute approximate surface area is 173 Å². The summed E-state index contributed by atoms with van der Waals surface area (Å²) in [6, 6.07) is 7.40. The Bertz CT molecular complexity index is 1120. The SMILES string of the molecule is CCCOc1ccccc1NC(=O)c1sc2nc3n(c(=O)c2c1C)CCCCC3. The van der Waals surface area contributed by atoms with E-state index in [1.165, 1.54) is 11.3 Å². The quantitative estimate of drug-likeness (QED) is 0.669. The molecule has 3 aromatic rings. The molecule has 6 nitrogen and oxygen atoms in total. The Morgan fingerprint density at radius 3 is 2.93 bits per heavy atom. The minimum Gasteiger partial charge on any atom is -0.491 e. The van der Waals surface area contributed by atoms with E-state index in [1.807, 2.05) is 38.1 Å². The molecule has 7 heteroatoms. The first-order valence-electron chi connectivity index (χ1n) is 10.2. The molecule has 0 saturated heterocycles. The molecule has 1 aromatic carbocycles. The van der Waals surface area contributed by atoms with Gasteiger partial charge in [0.25, 0.3) is 11.5 Å². The molecule has 0 saturated carbocycles. The molecule has 0 fully saturated rings. The molecule has 3 heterocycles. The summed E-state index contributed by atoms with van der Waals surface area (Å²) in [6.45, 7) is 5.16. The van der Waals surface area contributed by atoms with E-state index >= 15 is 0 Å². The molecule has 0 unspecified atom stereocenters. The van der Waals surface area contributed by atoms with Crippen molar-refractivity contribution in [2.75, 3.05) is 11.9 Å². The number of para-hydroxylation sites is 2. The number of thiophene rings is 1. The standard InChI is InChI=1S/C22H25N3O3S/c1-3-13-28-16-10-7-6-9-15(16)23-20(26)19-14(2)18-21(29-19)24-17-11-5-4-8-12-25(17)22(18)27/h6-7,9-10H,3-5,8,11-13H2,1-2H3,(H,23,26). The van der Waals surface area contributed by atoms with Crippen LogP contribution in [0.4, 0.5) is 5.69 Å². The molecule has 1 aliphatic rings. The van der Waals surface area contributed by atoms with Crippen LogP contribution >= 0.6 is 11.3 Å². The van der Waals surface area contributed by atoms with Gasteiger partial charge in [-0.15, -0.1) is 11.3 Å². The van der Waals surface area contributed by atoms with Gasteiger partial charge in [0, 0.05) is 13.0 Å². The van der Waals surface area contributed by atoms with Crippen LogP contribution in [0.5, 0.6) is 5.75 Å². The maximum Gasteiger partial charge on any atom is 0.266 e. The molecule has 0 bridgehead atoms. The third-order valence-corrected chi connectivity index (χ3v) is 6.40. The fourth-order valence-corrected chi connectivity index (χ4v) is 4.80. The maximum atomic E-state index is 13.1. The molecule has 0 spiro atoms. The number of aryl methyl sites for hydroxylation is 2. The summed E-state index contributed by atoms with van der Waals surface area (Å²) in [5.41, 5.74) is 1.31. The average Bonchev–Trinajstić information content (AvgIpc) is 2.88. The van der Waals surface area contributed by atoms with Crippen molar-refractivity contribution >= 4 is 33.1 Å². The van der Waals surface area contributed by atoms with Gasteiger partial charge in [-0.05, 0) is 43.9 Å². The summed E-state index contributed by atoms with van der Waals surface area (Å²) in [4.78, 5) is 32.0. The van der Waals surface area contributed by atoms with E-state index in [4.69, 9.17) is 9.72 Å². The topological polar surface area (TPSA) is 73.2 Å². The molecule has 0 radical (unpaired) electrons. The molecule has 1 aliphatic heterocycles. The molecular formula is C22H25N3O3S. The number of hydrogen-bond acceptors (Lipinski definition) is 5. The lowest BCUT2D eigenvalue weighted by atomic mass is 10.2. The van der Waals surface area contributed by atoms with Crippen LogP contribution in [0.2, 0.25) is 0 Å². The van der Waals surface area contributed by atoms with Gasteiger partial charge in [0.2, 0.25) is 0 Å². The van der Waals surface area contributed by atoms with E-state index < -0.39 is 0 Å². The number of aromatic nitrogens is 2. The van der Waals surface area contributed by atoms with Gasteiger partial charge < -0.3 is 10.1 Å². The zero-order chi connectivity index (χ0) is 20.4.